The molecule has 2 aromatic rings. The van der Waals surface area contributed by atoms with Gasteiger partial charge in [-0.05, 0) is 56.0 Å². The van der Waals surface area contributed by atoms with E-state index in [0.29, 0.717) is 25.7 Å². The van der Waals surface area contributed by atoms with E-state index in [0.717, 1.165) is 17.9 Å². The average molecular weight is 305 g/mol. The Kier molecular flexibility index (Phi) is 6.08. The molecule has 0 saturated heterocycles. The zero-order chi connectivity index (χ0) is 15.1. The van der Waals surface area contributed by atoms with Gasteiger partial charge in [0.2, 0.25) is 0 Å². The van der Waals surface area contributed by atoms with Crippen molar-refractivity contribution in [2.45, 2.75) is 26.2 Å². The number of hydrogen-bond acceptors (Lipinski definition) is 4. The van der Waals surface area contributed by atoms with Crippen molar-refractivity contribution in [3.8, 4) is 11.5 Å². The van der Waals surface area contributed by atoms with Gasteiger partial charge in [0.05, 0.1) is 13.2 Å². The number of hydrogen-bond donors (Lipinski definition) is 1. The topological polar surface area (TPSA) is 44.5 Å². The van der Waals surface area contributed by atoms with E-state index in [1.54, 1.807) is 11.3 Å². The highest BCUT2D eigenvalue weighted by molar-refractivity contribution is 7.09. The van der Waals surface area contributed by atoms with Crippen molar-refractivity contribution in [2.75, 3.05) is 19.8 Å². The molecule has 0 aliphatic carbocycles. The number of nitrogens with two attached hydrogens (primary N) is 1. The van der Waals surface area contributed by atoms with Crippen LogP contribution in [0.5, 0.6) is 11.5 Å². The normalized spacial score (nSPS) is 12.1. The molecule has 21 heavy (non-hydrogen) atoms. The van der Waals surface area contributed by atoms with Gasteiger partial charge in [-0.1, -0.05) is 12.1 Å². The summed E-state index contributed by atoms with van der Waals surface area (Å²) in [6.45, 7) is 5.84. The zero-order valence-electron chi connectivity index (χ0n) is 12.7. The maximum Gasteiger partial charge on any atom is 0.161 e. The van der Waals surface area contributed by atoms with Crippen LogP contribution in [0.3, 0.4) is 0 Å². The Morgan fingerprint density at radius 3 is 2.48 bits per heavy atom. The Morgan fingerprint density at radius 2 is 1.86 bits per heavy atom. The van der Waals surface area contributed by atoms with Crippen molar-refractivity contribution < 1.29 is 9.47 Å². The lowest BCUT2D eigenvalue weighted by Gasteiger charge is -2.17. The molecule has 0 aliphatic rings. The summed E-state index contributed by atoms with van der Waals surface area (Å²) in [6, 6.07) is 10.4. The molecule has 1 heterocycles. The molecule has 0 spiro atoms. The fraction of sp³-hybridized carbons (Fsp3) is 0.412. The first kappa shape index (κ1) is 15.9. The molecule has 2 rings (SSSR count). The van der Waals surface area contributed by atoms with Crippen molar-refractivity contribution in [1.29, 1.82) is 0 Å². The van der Waals surface area contributed by atoms with Crippen LogP contribution in [0.15, 0.2) is 35.7 Å². The monoisotopic (exact) mass is 305 g/mol. The fourth-order valence-electron chi connectivity index (χ4n) is 2.33. The van der Waals surface area contributed by atoms with Gasteiger partial charge in [-0.15, -0.1) is 11.3 Å². The van der Waals surface area contributed by atoms with Crippen molar-refractivity contribution >= 4 is 11.3 Å². The van der Waals surface area contributed by atoms with Gasteiger partial charge in [0, 0.05) is 10.8 Å². The molecule has 1 unspecified atom stereocenters. The van der Waals surface area contributed by atoms with E-state index in [4.69, 9.17) is 15.2 Å². The van der Waals surface area contributed by atoms with Crippen LogP contribution in [0, 0.1) is 0 Å². The van der Waals surface area contributed by atoms with Crippen LogP contribution in [-0.4, -0.2) is 19.8 Å². The molecular weight excluding hydrogens is 282 g/mol. The van der Waals surface area contributed by atoms with Gasteiger partial charge in [0.1, 0.15) is 0 Å². The first-order chi connectivity index (χ1) is 10.3. The largest absolute Gasteiger partial charge is 0.490 e. The molecule has 0 radical (unpaired) electrons. The molecule has 0 amide bonds. The second-order valence-electron chi connectivity index (χ2n) is 4.79. The van der Waals surface area contributed by atoms with E-state index >= 15 is 0 Å². The second-order valence-corrected chi connectivity index (χ2v) is 5.82. The van der Waals surface area contributed by atoms with E-state index in [1.807, 2.05) is 19.9 Å². The molecular formula is C17H23NO2S. The molecule has 0 aliphatic heterocycles. The summed E-state index contributed by atoms with van der Waals surface area (Å²) in [5.74, 6) is 1.91. The van der Waals surface area contributed by atoms with Gasteiger partial charge < -0.3 is 15.2 Å². The van der Waals surface area contributed by atoms with Gasteiger partial charge >= 0.3 is 0 Å². The number of thiophene rings is 1. The molecule has 114 valence electrons. The fourth-order valence-corrected chi connectivity index (χ4v) is 3.12. The lowest BCUT2D eigenvalue weighted by Crippen LogP contribution is -2.15. The van der Waals surface area contributed by atoms with Crippen LogP contribution in [0.2, 0.25) is 0 Å². The van der Waals surface area contributed by atoms with Gasteiger partial charge in [0.15, 0.2) is 11.5 Å². The Balaban J connectivity index is 2.22. The van der Waals surface area contributed by atoms with Crippen LogP contribution in [0.4, 0.5) is 0 Å². The minimum absolute atomic E-state index is 0.304. The summed E-state index contributed by atoms with van der Waals surface area (Å²) < 4.78 is 11.3. The van der Waals surface area contributed by atoms with Crippen LogP contribution in [0.25, 0.3) is 0 Å². The molecule has 0 bridgehead atoms. The Morgan fingerprint density at radius 1 is 1.10 bits per heavy atom. The molecule has 1 aromatic carbocycles. The lowest BCUT2D eigenvalue weighted by atomic mass is 9.95. The highest BCUT2D eigenvalue weighted by Gasteiger charge is 2.14. The predicted octanol–water partition coefficient (Wildman–Crippen LogP) is 3.83. The third-order valence-electron chi connectivity index (χ3n) is 3.35. The number of rotatable bonds is 8. The summed E-state index contributed by atoms with van der Waals surface area (Å²) in [7, 11) is 0. The van der Waals surface area contributed by atoms with Crippen LogP contribution in [0.1, 0.15) is 30.2 Å². The van der Waals surface area contributed by atoms with Gasteiger partial charge in [-0.3, -0.25) is 0 Å². The number of benzene rings is 1. The van der Waals surface area contributed by atoms with Crippen LogP contribution in [-0.2, 0) is 6.42 Å². The van der Waals surface area contributed by atoms with E-state index in [2.05, 4.69) is 29.6 Å². The summed E-state index contributed by atoms with van der Waals surface area (Å²) in [4.78, 5) is 1.36. The molecule has 0 saturated carbocycles. The summed E-state index contributed by atoms with van der Waals surface area (Å²) in [5, 5.41) is 2.10. The van der Waals surface area contributed by atoms with E-state index in [1.165, 1.54) is 10.4 Å². The van der Waals surface area contributed by atoms with E-state index < -0.39 is 0 Å². The third-order valence-corrected chi connectivity index (χ3v) is 4.25. The number of ether oxygens (including phenoxy) is 2. The third kappa shape index (κ3) is 4.22. The maximum absolute atomic E-state index is 5.97. The van der Waals surface area contributed by atoms with E-state index in [-0.39, 0.29) is 0 Å². The SMILES string of the molecule is CCOc1ccc(C(CN)Cc2cccs2)cc1OCC. The highest BCUT2D eigenvalue weighted by atomic mass is 32.1. The molecule has 2 N–H and O–H groups in total. The van der Waals surface area contributed by atoms with Crippen molar-refractivity contribution in [3.63, 3.8) is 0 Å². The second kappa shape index (κ2) is 8.05. The standard InChI is InChI=1S/C17H23NO2S/c1-3-19-16-8-7-13(11-17(16)20-4-2)14(12-18)10-15-6-5-9-21-15/h5-9,11,14H,3-4,10,12,18H2,1-2H3. The van der Waals surface area contributed by atoms with Gasteiger partial charge in [-0.25, -0.2) is 0 Å². The minimum atomic E-state index is 0.304. The Bertz CT molecular complexity index is 540. The Labute approximate surface area is 130 Å². The smallest absolute Gasteiger partial charge is 0.161 e. The highest BCUT2D eigenvalue weighted by Crippen LogP contribution is 2.32. The van der Waals surface area contributed by atoms with Crippen molar-refractivity contribution in [1.82, 2.24) is 0 Å². The van der Waals surface area contributed by atoms with Crippen molar-refractivity contribution in [2.24, 2.45) is 5.73 Å². The molecule has 0 fully saturated rings. The van der Waals surface area contributed by atoms with Crippen LogP contribution < -0.4 is 15.2 Å². The van der Waals surface area contributed by atoms with Gasteiger partial charge in [0.25, 0.3) is 0 Å². The quantitative estimate of drug-likeness (QED) is 0.806. The molecule has 1 aromatic heterocycles. The summed E-state index contributed by atoms with van der Waals surface area (Å²) in [6.07, 6.45) is 0.966. The first-order valence-electron chi connectivity index (χ1n) is 7.40. The van der Waals surface area contributed by atoms with Gasteiger partial charge in [-0.2, -0.15) is 0 Å². The predicted molar refractivity (Wildman–Crippen MR) is 88.6 cm³/mol. The van der Waals surface area contributed by atoms with E-state index in [9.17, 15) is 0 Å². The molecule has 1 atom stereocenters. The molecule has 4 heteroatoms. The first-order valence-corrected chi connectivity index (χ1v) is 8.28. The minimum Gasteiger partial charge on any atom is -0.490 e. The summed E-state index contributed by atoms with van der Waals surface area (Å²) in [5.41, 5.74) is 7.18. The van der Waals surface area contributed by atoms with Crippen LogP contribution >= 0.6 is 11.3 Å². The summed E-state index contributed by atoms with van der Waals surface area (Å²) >= 11 is 1.78. The zero-order valence-corrected chi connectivity index (χ0v) is 13.5. The lowest BCUT2D eigenvalue weighted by molar-refractivity contribution is 0.287. The molecule has 3 nitrogen and oxygen atoms in total. The van der Waals surface area contributed by atoms with Crippen molar-refractivity contribution in [3.05, 3.63) is 46.2 Å². The maximum atomic E-state index is 5.97. The Hall–Kier alpha value is -1.52. The average Bonchev–Trinajstić information content (AvgIpc) is 3.00.